The van der Waals surface area contributed by atoms with Crippen LogP contribution >= 0.6 is 0 Å². The fourth-order valence-electron chi connectivity index (χ4n) is 3.84. The molecule has 3 heterocycles. The molecule has 38 heavy (non-hydrogen) atoms. The zero-order chi connectivity index (χ0) is 27.2. The van der Waals surface area contributed by atoms with Gasteiger partial charge in [0.05, 0.1) is 13.7 Å². The second kappa shape index (κ2) is 11.2. The minimum absolute atomic E-state index is 0.0163. The largest absolute Gasteiger partial charge is 0.493 e. The van der Waals surface area contributed by atoms with Crippen molar-refractivity contribution in [3.8, 4) is 17.4 Å². The van der Waals surface area contributed by atoms with Crippen LogP contribution in [0.1, 0.15) is 35.5 Å². The molecule has 1 atom stereocenters. The molecule has 0 fully saturated rings. The fourth-order valence-corrected chi connectivity index (χ4v) is 3.84. The van der Waals surface area contributed by atoms with Gasteiger partial charge in [-0.25, -0.2) is 14.8 Å². The number of nitrogens with two attached hydrogens (primary N) is 1. The molecule has 4 aromatic rings. The number of aliphatic carboxylic acids is 1. The highest BCUT2D eigenvalue weighted by Crippen LogP contribution is 2.39. The average molecular weight is 519 g/mol. The molecule has 2 aromatic carbocycles. The molecule has 0 saturated carbocycles. The number of fused-ring (bicyclic) bond motifs is 1. The van der Waals surface area contributed by atoms with Crippen molar-refractivity contribution in [2.75, 3.05) is 19.0 Å². The molecule has 13 heteroatoms. The van der Waals surface area contributed by atoms with E-state index >= 15 is 0 Å². The van der Waals surface area contributed by atoms with Crippen LogP contribution in [0.25, 0.3) is 5.95 Å². The number of nitrogens with zero attached hydrogens (tertiary/aromatic N) is 4. The average Bonchev–Trinajstić information content (AvgIpc) is 3.53. The Morgan fingerprint density at radius 1 is 1.26 bits per heavy atom. The van der Waals surface area contributed by atoms with Gasteiger partial charge in [-0.05, 0) is 48.0 Å². The van der Waals surface area contributed by atoms with Crippen molar-refractivity contribution in [1.82, 2.24) is 24.7 Å². The van der Waals surface area contributed by atoms with Gasteiger partial charge in [-0.15, -0.1) is 9.78 Å². The molecule has 13 nitrogen and oxygen atoms in total. The lowest BCUT2D eigenvalue weighted by Crippen LogP contribution is -2.18. The molecular formula is C25H26N8O5. The second-order valence-corrected chi connectivity index (χ2v) is 8.17. The van der Waals surface area contributed by atoms with Gasteiger partial charge in [0.2, 0.25) is 0 Å². The van der Waals surface area contributed by atoms with E-state index in [1.165, 1.54) is 0 Å². The van der Waals surface area contributed by atoms with Crippen molar-refractivity contribution in [2.24, 2.45) is 5.73 Å². The number of ether oxygens (including phenoxy) is 2. The van der Waals surface area contributed by atoms with Gasteiger partial charge in [-0.1, -0.05) is 0 Å². The second-order valence-electron chi connectivity index (χ2n) is 8.17. The Morgan fingerprint density at radius 2 is 1.95 bits per heavy atom. The number of anilines is 1. The van der Waals surface area contributed by atoms with E-state index in [1.54, 1.807) is 37.7 Å². The molecule has 1 aliphatic heterocycles. The number of hydrogen-bond acceptors (Lipinski definition) is 9. The Labute approximate surface area is 216 Å². The summed E-state index contributed by atoms with van der Waals surface area (Å²) in [5.74, 6) is 1.02. The zero-order valence-corrected chi connectivity index (χ0v) is 20.6. The minimum atomic E-state index is -0.833. The van der Waals surface area contributed by atoms with E-state index in [-0.39, 0.29) is 11.8 Å². The minimum Gasteiger partial charge on any atom is -0.493 e. The molecule has 6 N–H and O–H groups in total. The molecule has 0 amide bonds. The first-order valence-corrected chi connectivity index (χ1v) is 11.5. The van der Waals surface area contributed by atoms with Crippen LogP contribution in [-0.2, 0) is 11.2 Å². The van der Waals surface area contributed by atoms with E-state index < -0.39 is 17.7 Å². The van der Waals surface area contributed by atoms with Gasteiger partial charge < -0.3 is 25.6 Å². The molecule has 0 radical (unpaired) electrons. The van der Waals surface area contributed by atoms with Crippen molar-refractivity contribution in [3.05, 3.63) is 87.9 Å². The van der Waals surface area contributed by atoms with E-state index in [0.717, 1.165) is 40.6 Å². The van der Waals surface area contributed by atoms with E-state index in [9.17, 15) is 4.79 Å². The summed E-state index contributed by atoms with van der Waals surface area (Å²) in [4.78, 5) is 32.8. The van der Waals surface area contributed by atoms with Crippen molar-refractivity contribution in [1.29, 1.82) is 5.41 Å². The number of nitrogens with one attached hydrogen (secondary N) is 3. The highest BCUT2D eigenvalue weighted by atomic mass is 16.5. The summed E-state index contributed by atoms with van der Waals surface area (Å²) < 4.78 is 12.4. The summed E-state index contributed by atoms with van der Waals surface area (Å²) in [6.07, 6.45) is 3.84. The number of hydrogen-bond donors (Lipinski definition) is 5. The number of aromatic nitrogens is 5. The molecule has 0 saturated heterocycles. The lowest BCUT2D eigenvalue weighted by atomic mass is 10.0. The summed E-state index contributed by atoms with van der Waals surface area (Å²) in [7, 11) is 1.59. The number of methoxy groups -OCH3 is 1. The number of carboxylic acids is 1. The molecule has 2 aromatic heterocycles. The van der Waals surface area contributed by atoms with Crippen molar-refractivity contribution in [2.45, 2.75) is 19.4 Å². The highest BCUT2D eigenvalue weighted by molar-refractivity contribution is 5.95. The molecular weight excluding hydrogens is 492 g/mol. The van der Waals surface area contributed by atoms with Gasteiger partial charge in [0.25, 0.3) is 11.9 Å². The Bertz CT molecular complexity index is 1490. The summed E-state index contributed by atoms with van der Waals surface area (Å²) >= 11 is 0. The summed E-state index contributed by atoms with van der Waals surface area (Å²) in [6.45, 7) is 1.66. The monoisotopic (exact) mass is 518 g/mol. The topological polar surface area (TPSA) is 194 Å². The standard InChI is InChI=1S/C23H22N8O3.C2H4O2/c1-33-17-12-15(11-14-7-10-34-19(14)17)18(28-16-5-3-13(4-6-16)20(24)25)21-29-23(32)31(30-21)22-26-8-2-9-27-22;1-2(3)4/h2-6,8-9,11-12,18,28H,7,10H2,1H3,(H3,24,25)(H,29,30,32);1H3,(H,3,4). The number of benzene rings is 2. The first kappa shape index (κ1) is 25.9. The van der Waals surface area contributed by atoms with Gasteiger partial charge in [-0.3, -0.25) is 15.2 Å². The lowest BCUT2D eigenvalue weighted by molar-refractivity contribution is -0.134. The van der Waals surface area contributed by atoms with E-state index in [1.807, 2.05) is 24.3 Å². The van der Waals surface area contributed by atoms with Crippen LogP contribution in [0.3, 0.4) is 0 Å². The van der Waals surface area contributed by atoms with Crippen LogP contribution in [-0.4, -0.2) is 55.4 Å². The van der Waals surface area contributed by atoms with E-state index in [4.69, 9.17) is 30.5 Å². The number of aromatic amines is 1. The Kier molecular flexibility index (Phi) is 7.66. The van der Waals surface area contributed by atoms with Gasteiger partial charge in [-0.2, -0.15) is 0 Å². The lowest BCUT2D eigenvalue weighted by Gasteiger charge is -2.20. The molecule has 1 unspecified atom stereocenters. The number of carbonyl (C=O) groups is 1. The fraction of sp³-hybridized carbons (Fsp3) is 0.200. The maximum atomic E-state index is 12.7. The SMILES string of the molecule is CC(=O)O.COc1cc(C(Nc2ccc(C(=N)N)cc2)c2nn(-c3ncccn3)c(=O)[nH]2)cc2c1OCC2. The molecule has 0 bridgehead atoms. The molecule has 5 rings (SSSR count). The van der Waals surface area contributed by atoms with E-state index in [2.05, 4.69) is 25.4 Å². The Morgan fingerprint density at radius 3 is 2.58 bits per heavy atom. The third kappa shape index (κ3) is 5.78. The quantitative estimate of drug-likeness (QED) is 0.178. The number of H-pyrrole nitrogens is 1. The Balaban J connectivity index is 0.000000786. The summed E-state index contributed by atoms with van der Waals surface area (Å²) in [5, 5.41) is 22.9. The van der Waals surface area contributed by atoms with Gasteiger partial charge in [0.15, 0.2) is 17.3 Å². The summed E-state index contributed by atoms with van der Waals surface area (Å²) in [6, 6.07) is 12.1. The van der Waals surface area contributed by atoms with Crippen LogP contribution in [0, 0.1) is 5.41 Å². The van der Waals surface area contributed by atoms with Crippen LogP contribution in [0.2, 0.25) is 0 Å². The van der Waals surface area contributed by atoms with Crippen LogP contribution in [0.15, 0.2) is 59.7 Å². The van der Waals surface area contributed by atoms with Gasteiger partial charge in [0.1, 0.15) is 11.9 Å². The van der Waals surface area contributed by atoms with Crippen LogP contribution in [0.4, 0.5) is 5.69 Å². The normalized spacial score (nSPS) is 12.4. The molecule has 0 spiro atoms. The molecule has 196 valence electrons. The number of carboxylic acid groups (broad SMARTS) is 1. The molecule has 1 aliphatic rings. The first-order valence-electron chi connectivity index (χ1n) is 11.5. The highest BCUT2D eigenvalue weighted by Gasteiger charge is 2.26. The van der Waals surface area contributed by atoms with Crippen LogP contribution < -0.4 is 26.2 Å². The third-order valence-corrected chi connectivity index (χ3v) is 5.48. The van der Waals surface area contributed by atoms with Gasteiger partial charge >= 0.3 is 5.69 Å². The predicted molar refractivity (Wildman–Crippen MR) is 138 cm³/mol. The maximum absolute atomic E-state index is 12.7. The van der Waals surface area contributed by atoms with Gasteiger partial charge in [0, 0.05) is 42.6 Å². The van der Waals surface area contributed by atoms with Crippen molar-refractivity contribution >= 4 is 17.5 Å². The third-order valence-electron chi connectivity index (χ3n) is 5.48. The van der Waals surface area contributed by atoms with Crippen LogP contribution in [0.5, 0.6) is 11.5 Å². The summed E-state index contributed by atoms with van der Waals surface area (Å²) in [5.41, 5.74) is 8.31. The molecule has 0 aliphatic carbocycles. The number of nitrogen functional groups attached to an aromatic ring is 1. The zero-order valence-electron chi connectivity index (χ0n) is 20.6. The first-order chi connectivity index (χ1) is 18.3. The van der Waals surface area contributed by atoms with Crippen molar-refractivity contribution in [3.63, 3.8) is 0 Å². The number of amidine groups is 1. The van der Waals surface area contributed by atoms with E-state index in [0.29, 0.717) is 23.7 Å². The Hall–Kier alpha value is -5.20. The smallest absolute Gasteiger partial charge is 0.350 e. The van der Waals surface area contributed by atoms with Crippen molar-refractivity contribution < 1.29 is 19.4 Å². The maximum Gasteiger partial charge on any atom is 0.350 e. The predicted octanol–water partition coefficient (Wildman–Crippen LogP) is 1.87. The number of rotatable bonds is 7.